The Labute approximate surface area is 89.5 Å². The van der Waals surface area contributed by atoms with Crippen LogP contribution in [-0.2, 0) is 10.0 Å². The maximum Gasteiger partial charge on any atom is 0.243 e. The molecule has 0 heterocycles. The molecular weight excluding hydrogens is 212 g/mol. The molecule has 0 aromatic heterocycles. The molecule has 1 rings (SSSR count). The second-order valence-electron chi connectivity index (χ2n) is 3.07. The minimum Gasteiger partial charge on any atom is -0.398 e. The van der Waals surface area contributed by atoms with E-state index >= 15 is 0 Å². The zero-order valence-electron chi connectivity index (χ0n) is 8.32. The van der Waals surface area contributed by atoms with Gasteiger partial charge in [-0.1, -0.05) is 12.0 Å². The largest absolute Gasteiger partial charge is 0.398 e. The van der Waals surface area contributed by atoms with E-state index in [1.807, 2.05) is 6.92 Å². The minimum atomic E-state index is -3.59. The van der Waals surface area contributed by atoms with Crippen LogP contribution in [0.2, 0.25) is 0 Å². The molecule has 1 aromatic rings. The van der Waals surface area contributed by atoms with Gasteiger partial charge in [0.2, 0.25) is 10.0 Å². The van der Waals surface area contributed by atoms with E-state index in [1.165, 1.54) is 6.07 Å². The van der Waals surface area contributed by atoms with Crippen LogP contribution in [0.4, 0.5) is 5.69 Å². The predicted octanol–water partition coefficient (Wildman–Crippen LogP) is 0.489. The van der Waals surface area contributed by atoms with Crippen LogP contribution in [0.3, 0.4) is 0 Å². The van der Waals surface area contributed by atoms with Crippen molar-refractivity contribution >= 4 is 15.7 Å². The third kappa shape index (κ3) is 2.72. The monoisotopic (exact) mass is 224 g/mol. The molecule has 0 radical (unpaired) electrons. The Kier molecular flexibility index (Phi) is 3.35. The first-order valence-corrected chi connectivity index (χ1v) is 5.75. The van der Waals surface area contributed by atoms with Gasteiger partial charge in [0.15, 0.2) is 0 Å². The molecule has 15 heavy (non-hydrogen) atoms. The Balaban J connectivity index is 3.12. The number of nitrogens with one attached hydrogen (secondary N) is 1. The van der Waals surface area contributed by atoms with Gasteiger partial charge in [-0.3, -0.25) is 0 Å². The summed E-state index contributed by atoms with van der Waals surface area (Å²) in [5, 5.41) is 0. The van der Waals surface area contributed by atoms with Crippen LogP contribution >= 0.6 is 0 Å². The molecule has 0 amide bonds. The maximum atomic E-state index is 11.6. The Morgan fingerprint density at radius 3 is 2.73 bits per heavy atom. The van der Waals surface area contributed by atoms with Crippen LogP contribution in [0, 0.1) is 19.3 Å². The molecule has 5 heteroatoms. The number of aryl methyl sites for hydroxylation is 1. The average molecular weight is 224 g/mol. The van der Waals surface area contributed by atoms with Crippen molar-refractivity contribution in [3.05, 3.63) is 23.8 Å². The third-order valence-corrected chi connectivity index (χ3v) is 3.29. The second-order valence-corrected chi connectivity index (χ2v) is 4.81. The quantitative estimate of drug-likeness (QED) is 0.579. The zero-order chi connectivity index (χ0) is 11.5. The molecule has 80 valence electrons. The van der Waals surface area contributed by atoms with Gasteiger partial charge in [-0.05, 0) is 24.6 Å². The summed E-state index contributed by atoms with van der Waals surface area (Å²) in [6.45, 7) is 1.79. The lowest BCUT2D eigenvalue weighted by Gasteiger charge is -2.07. The number of nitrogen functional groups attached to an aromatic ring is 1. The molecule has 0 aliphatic rings. The molecule has 0 atom stereocenters. The van der Waals surface area contributed by atoms with Crippen molar-refractivity contribution in [2.75, 3.05) is 12.3 Å². The molecule has 1 aromatic carbocycles. The van der Waals surface area contributed by atoms with Crippen LogP contribution in [0.1, 0.15) is 5.56 Å². The lowest BCUT2D eigenvalue weighted by Crippen LogP contribution is -2.24. The van der Waals surface area contributed by atoms with E-state index in [0.29, 0.717) is 0 Å². The molecule has 0 unspecified atom stereocenters. The lowest BCUT2D eigenvalue weighted by molar-refractivity contribution is 0.586. The number of terminal acetylenes is 1. The van der Waals surface area contributed by atoms with Crippen molar-refractivity contribution in [2.45, 2.75) is 11.8 Å². The summed E-state index contributed by atoms with van der Waals surface area (Å²) in [6, 6.07) is 4.74. The van der Waals surface area contributed by atoms with Gasteiger partial charge in [0.25, 0.3) is 0 Å². The van der Waals surface area contributed by atoms with Crippen LogP contribution in [0.5, 0.6) is 0 Å². The molecule has 0 saturated carbocycles. The van der Waals surface area contributed by atoms with Crippen molar-refractivity contribution in [1.29, 1.82) is 0 Å². The van der Waals surface area contributed by atoms with Crippen LogP contribution in [-0.4, -0.2) is 15.0 Å². The number of nitrogens with two attached hydrogens (primary N) is 1. The van der Waals surface area contributed by atoms with Gasteiger partial charge in [0, 0.05) is 0 Å². The van der Waals surface area contributed by atoms with Gasteiger partial charge in [0.1, 0.15) is 4.90 Å². The molecule has 0 saturated heterocycles. The number of sulfonamides is 1. The number of hydrogen-bond donors (Lipinski definition) is 2. The van der Waals surface area contributed by atoms with E-state index in [-0.39, 0.29) is 17.1 Å². The van der Waals surface area contributed by atoms with Gasteiger partial charge in [-0.25, -0.2) is 8.42 Å². The second kappa shape index (κ2) is 4.34. The highest BCUT2D eigenvalue weighted by molar-refractivity contribution is 7.89. The van der Waals surface area contributed by atoms with Gasteiger partial charge in [-0.15, -0.1) is 6.42 Å². The summed E-state index contributed by atoms with van der Waals surface area (Å²) in [5.74, 6) is 2.19. The summed E-state index contributed by atoms with van der Waals surface area (Å²) in [5.41, 5.74) is 6.74. The topological polar surface area (TPSA) is 72.2 Å². The molecule has 0 bridgehead atoms. The van der Waals surface area contributed by atoms with Crippen LogP contribution in [0.15, 0.2) is 23.1 Å². The van der Waals surface area contributed by atoms with E-state index in [9.17, 15) is 8.42 Å². The van der Waals surface area contributed by atoms with E-state index in [1.54, 1.807) is 12.1 Å². The molecule has 4 nitrogen and oxygen atoms in total. The fraction of sp³-hybridized carbons (Fsp3) is 0.200. The Bertz CT molecular complexity index is 501. The van der Waals surface area contributed by atoms with Crippen molar-refractivity contribution in [1.82, 2.24) is 4.72 Å². The molecule has 0 aliphatic carbocycles. The van der Waals surface area contributed by atoms with Crippen LogP contribution < -0.4 is 10.5 Å². The molecule has 0 spiro atoms. The number of hydrogen-bond acceptors (Lipinski definition) is 3. The first-order chi connectivity index (χ1) is 6.97. The van der Waals surface area contributed by atoms with E-state index in [2.05, 4.69) is 10.6 Å². The first-order valence-electron chi connectivity index (χ1n) is 4.26. The van der Waals surface area contributed by atoms with Crippen molar-refractivity contribution in [2.24, 2.45) is 0 Å². The smallest absolute Gasteiger partial charge is 0.243 e. The average Bonchev–Trinajstić information content (AvgIpc) is 2.14. The Hall–Kier alpha value is -1.51. The number of anilines is 1. The summed E-state index contributed by atoms with van der Waals surface area (Å²) in [6.07, 6.45) is 4.97. The predicted molar refractivity (Wildman–Crippen MR) is 59.6 cm³/mol. The molecule has 0 aliphatic heterocycles. The molecular formula is C10H12N2O2S. The summed E-state index contributed by atoms with van der Waals surface area (Å²) in [4.78, 5) is 0.0587. The van der Waals surface area contributed by atoms with Crippen molar-refractivity contribution in [3.8, 4) is 12.3 Å². The number of benzene rings is 1. The molecule has 0 fully saturated rings. The van der Waals surface area contributed by atoms with Crippen LogP contribution in [0.25, 0.3) is 0 Å². The highest BCUT2D eigenvalue weighted by atomic mass is 32.2. The summed E-state index contributed by atoms with van der Waals surface area (Å²) >= 11 is 0. The SMILES string of the molecule is C#CCNS(=O)(=O)c1ccc(C)cc1N. The van der Waals surface area contributed by atoms with Gasteiger partial charge in [0.05, 0.1) is 12.2 Å². The van der Waals surface area contributed by atoms with E-state index in [0.717, 1.165) is 5.56 Å². The standard InChI is InChI=1S/C10H12N2O2S/c1-3-6-12-15(13,14)10-5-4-8(2)7-9(10)11/h1,4-5,7,12H,6,11H2,2H3. The highest BCUT2D eigenvalue weighted by Crippen LogP contribution is 2.18. The third-order valence-electron chi connectivity index (χ3n) is 1.82. The van der Waals surface area contributed by atoms with Gasteiger partial charge in [-0.2, -0.15) is 4.72 Å². The lowest BCUT2D eigenvalue weighted by atomic mass is 10.2. The normalized spacial score (nSPS) is 10.9. The molecule has 3 N–H and O–H groups in total. The fourth-order valence-corrected chi connectivity index (χ4v) is 2.17. The Morgan fingerprint density at radius 2 is 2.20 bits per heavy atom. The maximum absolute atomic E-state index is 11.6. The zero-order valence-corrected chi connectivity index (χ0v) is 9.14. The van der Waals surface area contributed by atoms with Crippen molar-refractivity contribution < 1.29 is 8.42 Å². The number of rotatable bonds is 3. The van der Waals surface area contributed by atoms with E-state index < -0.39 is 10.0 Å². The fourth-order valence-electron chi connectivity index (χ4n) is 1.13. The summed E-state index contributed by atoms with van der Waals surface area (Å²) < 4.78 is 25.5. The first kappa shape index (κ1) is 11.6. The van der Waals surface area contributed by atoms with E-state index in [4.69, 9.17) is 12.2 Å². The van der Waals surface area contributed by atoms with Gasteiger partial charge < -0.3 is 5.73 Å². The summed E-state index contributed by atoms with van der Waals surface area (Å²) in [7, 11) is -3.59. The highest BCUT2D eigenvalue weighted by Gasteiger charge is 2.15. The minimum absolute atomic E-state index is 0.0460. The van der Waals surface area contributed by atoms with Crippen molar-refractivity contribution in [3.63, 3.8) is 0 Å². The Morgan fingerprint density at radius 1 is 1.53 bits per heavy atom. The van der Waals surface area contributed by atoms with Gasteiger partial charge >= 0.3 is 0 Å².